The van der Waals surface area contributed by atoms with Crippen molar-refractivity contribution in [2.75, 3.05) is 0 Å². The van der Waals surface area contributed by atoms with E-state index in [1.54, 1.807) is 0 Å². The predicted octanol–water partition coefficient (Wildman–Crippen LogP) is 9.06. The summed E-state index contributed by atoms with van der Waals surface area (Å²) in [6, 6.07) is 49.4. The van der Waals surface area contributed by atoms with Crippen LogP contribution in [0.5, 0.6) is 0 Å². The zero-order valence-electron chi connectivity index (χ0n) is 22.1. The van der Waals surface area contributed by atoms with Crippen LogP contribution < -0.4 is 15.9 Å². The van der Waals surface area contributed by atoms with Gasteiger partial charge in [0.15, 0.2) is 7.14 Å². The minimum absolute atomic E-state index is 0.815. The highest BCUT2D eigenvalue weighted by molar-refractivity contribution is 7.85. The average Bonchev–Trinajstić information content (AvgIpc) is 3.44. The fraction of sp³-hybridized carbons (Fsp3) is 0. The van der Waals surface area contributed by atoms with Gasteiger partial charge in [-0.1, -0.05) is 127 Å². The zero-order chi connectivity index (χ0) is 27.4. The van der Waals surface area contributed by atoms with Gasteiger partial charge in [-0.2, -0.15) is 0 Å². The van der Waals surface area contributed by atoms with Gasteiger partial charge in [0.2, 0.25) is 0 Å². The van der Waals surface area contributed by atoms with Gasteiger partial charge in [0.1, 0.15) is 0 Å². The minimum atomic E-state index is -3.05. The summed E-state index contributed by atoms with van der Waals surface area (Å²) in [7, 11) is -3.05. The van der Waals surface area contributed by atoms with E-state index in [0.29, 0.717) is 0 Å². The highest BCUT2D eigenvalue weighted by atomic mass is 32.1. The highest BCUT2D eigenvalue weighted by Gasteiger charge is 2.29. The van der Waals surface area contributed by atoms with Crippen molar-refractivity contribution in [3.63, 3.8) is 0 Å². The molecule has 194 valence electrons. The first kappa shape index (κ1) is 24.3. The number of hydrogen-bond acceptors (Lipinski definition) is 3. The van der Waals surface area contributed by atoms with E-state index in [-0.39, 0.29) is 0 Å². The summed E-state index contributed by atoms with van der Waals surface area (Å²) in [5.74, 6) is 0. The molecule has 0 saturated carbocycles. The molecule has 0 atom stereocenters. The van der Waals surface area contributed by atoms with Crippen LogP contribution >= 0.6 is 18.5 Å². The number of pyridine rings is 1. The number of thiophene rings is 1. The summed E-state index contributed by atoms with van der Waals surface area (Å²) in [5, 5.41) is 8.58. The molecule has 8 rings (SSSR count). The SMILES string of the molecule is O=P(c1ccccc1)(c1ccccc1)c1ccc(-c2nc3ccccc3c3c2ccc2sc4ccccc4c23)cc1. The van der Waals surface area contributed by atoms with E-state index in [9.17, 15) is 4.57 Å². The lowest BCUT2D eigenvalue weighted by Gasteiger charge is -2.20. The monoisotopic (exact) mass is 561 g/mol. The summed E-state index contributed by atoms with van der Waals surface area (Å²) in [4.78, 5) is 5.19. The molecule has 0 aliphatic carbocycles. The van der Waals surface area contributed by atoms with Crippen LogP contribution in [0.15, 0.2) is 146 Å². The molecule has 0 amide bonds. The zero-order valence-corrected chi connectivity index (χ0v) is 23.8. The molecule has 2 aromatic heterocycles. The Labute approximate surface area is 241 Å². The van der Waals surface area contributed by atoms with Crippen LogP contribution in [0.3, 0.4) is 0 Å². The predicted molar refractivity (Wildman–Crippen MR) is 177 cm³/mol. The van der Waals surface area contributed by atoms with E-state index >= 15 is 0 Å². The average molecular weight is 562 g/mol. The van der Waals surface area contributed by atoms with Crippen LogP contribution in [-0.4, -0.2) is 4.98 Å². The Morgan fingerprint density at radius 2 is 1.05 bits per heavy atom. The van der Waals surface area contributed by atoms with Crippen molar-refractivity contribution in [1.29, 1.82) is 0 Å². The highest BCUT2D eigenvalue weighted by Crippen LogP contribution is 2.45. The van der Waals surface area contributed by atoms with E-state index in [0.717, 1.165) is 43.5 Å². The Morgan fingerprint density at radius 1 is 0.463 bits per heavy atom. The van der Waals surface area contributed by atoms with E-state index < -0.39 is 7.14 Å². The number of nitrogens with zero attached hydrogens (tertiary/aromatic N) is 1. The van der Waals surface area contributed by atoms with Crippen molar-refractivity contribution in [2.24, 2.45) is 0 Å². The Kier molecular flexibility index (Phi) is 5.63. The number of fused-ring (bicyclic) bond motifs is 7. The van der Waals surface area contributed by atoms with Crippen molar-refractivity contribution in [3.05, 3.63) is 146 Å². The number of benzene rings is 6. The summed E-state index contributed by atoms with van der Waals surface area (Å²) in [5.41, 5.74) is 2.92. The second-order valence-corrected chi connectivity index (χ2v) is 14.1. The Hall–Kier alpha value is -4.56. The molecule has 41 heavy (non-hydrogen) atoms. The maximum atomic E-state index is 14.9. The van der Waals surface area contributed by atoms with Crippen LogP contribution in [0.2, 0.25) is 0 Å². The fourth-order valence-electron chi connectivity index (χ4n) is 6.03. The lowest BCUT2D eigenvalue weighted by molar-refractivity contribution is 0.592. The van der Waals surface area contributed by atoms with Gasteiger partial charge in [-0.25, -0.2) is 4.98 Å². The first-order valence-electron chi connectivity index (χ1n) is 13.7. The number of aromatic nitrogens is 1. The van der Waals surface area contributed by atoms with Gasteiger partial charge >= 0.3 is 0 Å². The molecule has 0 bridgehead atoms. The lowest BCUT2D eigenvalue weighted by Crippen LogP contribution is -2.24. The standard InChI is InChI=1S/C37H24NOPS/c39-40(26-11-3-1-4-12-26,27-13-5-2-6-14-27)28-21-19-25(20-22-28)37-31-23-24-34-36(30-16-8-10-18-33(30)41-34)35(31)29-15-7-9-17-32(29)38-37/h1-24H. The molecule has 2 heterocycles. The summed E-state index contributed by atoms with van der Waals surface area (Å²) in [6.45, 7) is 0. The molecule has 0 saturated heterocycles. The molecule has 6 aromatic carbocycles. The van der Waals surface area contributed by atoms with Gasteiger partial charge in [0.05, 0.1) is 11.2 Å². The van der Waals surface area contributed by atoms with Crippen LogP contribution in [0, 0.1) is 0 Å². The van der Waals surface area contributed by atoms with E-state index in [1.165, 1.54) is 25.6 Å². The molecular weight excluding hydrogens is 537 g/mol. The van der Waals surface area contributed by atoms with Crippen molar-refractivity contribution in [1.82, 2.24) is 4.98 Å². The Balaban J connectivity index is 1.37. The number of rotatable bonds is 4. The van der Waals surface area contributed by atoms with Crippen molar-refractivity contribution < 1.29 is 4.57 Å². The van der Waals surface area contributed by atoms with Crippen molar-refractivity contribution in [2.45, 2.75) is 0 Å². The molecule has 0 radical (unpaired) electrons. The molecule has 8 aromatic rings. The van der Waals surface area contributed by atoms with Crippen LogP contribution in [0.25, 0.3) is 53.1 Å². The summed E-state index contributed by atoms with van der Waals surface area (Å²) in [6.07, 6.45) is 0. The molecule has 0 N–H and O–H groups in total. The molecule has 0 fully saturated rings. The van der Waals surface area contributed by atoms with Gasteiger partial charge in [0, 0.05) is 57.8 Å². The third-order valence-electron chi connectivity index (χ3n) is 7.95. The smallest absolute Gasteiger partial charge is 0.171 e. The molecule has 0 aliphatic rings. The maximum Gasteiger partial charge on any atom is 0.171 e. The minimum Gasteiger partial charge on any atom is -0.309 e. The summed E-state index contributed by atoms with van der Waals surface area (Å²) >= 11 is 1.84. The lowest BCUT2D eigenvalue weighted by atomic mass is 9.96. The topological polar surface area (TPSA) is 30.0 Å². The molecular formula is C37H24NOPS. The van der Waals surface area contributed by atoms with Gasteiger partial charge in [-0.05, 0) is 18.2 Å². The Bertz CT molecular complexity index is 2230. The molecule has 2 nitrogen and oxygen atoms in total. The van der Waals surface area contributed by atoms with Crippen LogP contribution in [0.1, 0.15) is 0 Å². The number of hydrogen-bond donors (Lipinski definition) is 0. The first-order valence-corrected chi connectivity index (χ1v) is 16.2. The normalized spacial score (nSPS) is 12.0. The van der Waals surface area contributed by atoms with Gasteiger partial charge in [-0.15, -0.1) is 11.3 Å². The van der Waals surface area contributed by atoms with E-state index in [4.69, 9.17) is 4.98 Å². The molecule has 4 heteroatoms. The third-order valence-corrected chi connectivity index (χ3v) is 12.2. The van der Waals surface area contributed by atoms with Crippen molar-refractivity contribution >= 4 is 76.2 Å². The van der Waals surface area contributed by atoms with E-state index in [1.807, 2.05) is 84.1 Å². The number of para-hydroxylation sites is 1. The fourth-order valence-corrected chi connectivity index (χ4v) is 9.79. The maximum absolute atomic E-state index is 14.9. The first-order chi connectivity index (χ1) is 20.2. The van der Waals surface area contributed by atoms with Gasteiger partial charge in [-0.3, -0.25) is 0 Å². The largest absolute Gasteiger partial charge is 0.309 e. The molecule has 0 unspecified atom stereocenters. The second-order valence-electron chi connectivity index (χ2n) is 10.3. The molecule has 0 aliphatic heterocycles. The van der Waals surface area contributed by atoms with E-state index in [2.05, 4.69) is 72.8 Å². The molecule has 0 spiro atoms. The van der Waals surface area contributed by atoms with Crippen LogP contribution in [-0.2, 0) is 4.57 Å². The van der Waals surface area contributed by atoms with Crippen molar-refractivity contribution in [3.8, 4) is 11.3 Å². The Morgan fingerprint density at radius 3 is 1.76 bits per heavy atom. The third kappa shape index (κ3) is 3.78. The summed E-state index contributed by atoms with van der Waals surface area (Å²) < 4.78 is 17.5. The quantitative estimate of drug-likeness (QED) is 0.158. The van der Waals surface area contributed by atoms with Gasteiger partial charge in [0.25, 0.3) is 0 Å². The second kappa shape index (κ2) is 9.52. The van der Waals surface area contributed by atoms with Crippen LogP contribution in [0.4, 0.5) is 0 Å². The van der Waals surface area contributed by atoms with Gasteiger partial charge < -0.3 is 4.57 Å².